The summed E-state index contributed by atoms with van der Waals surface area (Å²) in [6.07, 6.45) is 0.641. The van der Waals surface area contributed by atoms with Crippen LogP contribution in [-0.2, 0) is 22.7 Å². The number of halogens is 1. The molecule has 0 spiro atoms. The molecule has 2 heterocycles. The number of hydrogen-bond donors (Lipinski definition) is 2. The van der Waals surface area contributed by atoms with Gasteiger partial charge in [0.1, 0.15) is 6.04 Å². The van der Waals surface area contributed by atoms with E-state index >= 15 is 0 Å². The number of hydrogen-bond acceptors (Lipinski definition) is 4. The quantitative estimate of drug-likeness (QED) is 0.770. The van der Waals surface area contributed by atoms with Crippen LogP contribution in [0, 0.1) is 0 Å². The van der Waals surface area contributed by atoms with E-state index in [1.807, 2.05) is 18.2 Å². The summed E-state index contributed by atoms with van der Waals surface area (Å²) in [5.41, 5.74) is 7.96. The van der Waals surface area contributed by atoms with Gasteiger partial charge in [-0.05, 0) is 17.5 Å². The van der Waals surface area contributed by atoms with Crippen LogP contribution in [0.15, 0.2) is 18.2 Å². The number of nitrogens with zero attached hydrogens (tertiary/aromatic N) is 1. The van der Waals surface area contributed by atoms with Crippen LogP contribution in [0.25, 0.3) is 0 Å². The van der Waals surface area contributed by atoms with Crippen LogP contribution in [0.5, 0.6) is 0 Å². The highest BCUT2D eigenvalue weighted by Gasteiger charge is 2.39. The molecule has 0 radical (unpaired) electrons. The maximum atomic E-state index is 12.5. The second kappa shape index (κ2) is 5.83. The largest absolute Gasteiger partial charge is 0.326 e. The molecule has 3 rings (SSSR count). The molecule has 112 valence electrons. The molecular formula is C14H16ClN3O3. The fourth-order valence-corrected chi connectivity index (χ4v) is 2.86. The van der Waals surface area contributed by atoms with E-state index in [0.717, 1.165) is 11.1 Å². The summed E-state index contributed by atoms with van der Waals surface area (Å²) in [4.78, 5) is 37.1. The van der Waals surface area contributed by atoms with Crippen LogP contribution >= 0.6 is 12.4 Å². The number of benzene rings is 1. The van der Waals surface area contributed by atoms with Crippen molar-refractivity contribution in [1.29, 1.82) is 0 Å². The predicted octanol–water partition coefficient (Wildman–Crippen LogP) is 0.328. The van der Waals surface area contributed by atoms with Gasteiger partial charge >= 0.3 is 0 Å². The Labute approximate surface area is 128 Å². The molecule has 1 unspecified atom stereocenters. The zero-order chi connectivity index (χ0) is 14.3. The Morgan fingerprint density at radius 1 is 1.29 bits per heavy atom. The molecular weight excluding hydrogens is 294 g/mol. The minimum Gasteiger partial charge on any atom is -0.326 e. The number of piperidine rings is 1. The molecule has 2 aliphatic rings. The first-order chi connectivity index (χ1) is 9.61. The molecule has 3 amide bonds. The van der Waals surface area contributed by atoms with Crippen LogP contribution < -0.4 is 11.1 Å². The Balaban J connectivity index is 0.00000161. The van der Waals surface area contributed by atoms with E-state index in [0.29, 0.717) is 18.5 Å². The summed E-state index contributed by atoms with van der Waals surface area (Å²) in [6.45, 7) is 0.687. The lowest BCUT2D eigenvalue weighted by Crippen LogP contribution is -2.52. The van der Waals surface area contributed by atoms with Crippen molar-refractivity contribution < 1.29 is 14.4 Å². The molecule has 6 nitrogen and oxygen atoms in total. The van der Waals surface area contributed by atoms with Crippen molar-refractivity contribution in [3.8, 4) is 0 Å². The zero-order valence-corrected chi connectivity index (χ0v) is 12.1. The van der Waals surface area contributed by atoms with E-state index in [1.165, 1.54) is 4.90 Å². The van der Waals surface area contributed by atoms with Crippen molar-refractivity contribution in [3.05, 3.63) is 34.9 Å². The zero-order valence-electron chi connectivity index (χ0n) is 11.3. The minimum atomic E-state index is -0.571. The van der Waals surface area contributed by atoms with Gasteiger partial charge in [0.05, 0.1) is 0 Å². The van der Waals surface area contributed by atoms with Crippen molar-refractivity contribution in [2.45, 2.75) is 32.0 Å². The Morgan fingerprint density at radius 3 is 2.71 bits per heavy atom. The maximum Gasteiger partial charge on any atom is 0.255 e. The fourth-order valence-electron chi connectivity index (χ4n) is 2.86. The summed E-state index contributed by atoms with van der Waals surface area (Å²) in [5, 5.41) is 2.29. The van der Waals surface area contributed by atoms with Crippen LogP contribution in [0.4, 0.5) is 0 Å². The van der Waals surface area contributed by atoms with Crippen LogP contribution in [-0.4, -0.2) is 28.7 Å². The van der Waals surface area contributed by atoms with Gasteiger partial charge in [-0.25, -0.2) is 0 Å². The van der Waals surface area contributed by atoms with Crippen LogP contribution in [0.2, 0.25) is 0 Å². The van der Waals surface area contributed by atoms with Gasteiger partial charge in [0.15, 0.2) is 0 Å². The van der Waals surface area contributed by atoms with Gasteiger partial charge in [0, 0.05) is 25.1 Å². The van der Waals surface area contributed by atoms with Gasteiger partial charge in [-0.3, -0.25) is 19.7 Å². The van der Waals surface area contributed by atoms with E-state index < -0.39 is 11.9 Å². The van der Waals surface area contributed by atoms with E-state index in [-0.39, 0.29) is 37.2 Å². The van der Waals surface area contributed by atoms with Crippen molar-refractivity contribution in [2.75, 3.05) is 0 Å². The third kappa shape index (κ3) is 2.52. The minimum absolute atomic E-state index is 0. The fraction of sp³-hybridized carbons (Fsp3) is 0.357. The molecule has 21 heavy (non-hydrogen) atoms. The standard InChI is InChI=1S/C14H15N3O3.ClH/c15-6-8-2-1-3-9-7-17(14(20)12(8)9)10-4-5-11(18)16-13(10)19;/h1-3,10H,4-7,15H2,(H,16,18,19);1H. The van der Waals surface area contributed by atoms with Gasteiger partial charge in [-0.2, -0.15) is 0 Å². The first-order valence-corrected chi connectivity index (χ1v) is 6.57. The molecule has 3 N–H and O–H groups in total. The Kier molecular flexibility index (Phi) is 4.29. The summed E-state index contributed by atoms with van der Waals surface area (Å²) in [5.74, 6) is -0.842. The summed E-state index contributed by atoms with van der Waals surface area (Å²) >= 11 is 0. The molecule has 0 bridgehead atoms. The van der Waals surface area contributed by atoms with Crippen molar-refractivity contribution in [1.82, 2.24) is 10.2 Å². The predicted molar refractivity (Wildman–Crippen MR) is 77.6 cm³/mol. The number of carbonyl (C=O) groups is 3. The van der Waals surface area contributed by atoms with Gasteiger partial charge in [0.2, 0.25) is 11.8 Å². The van der Waals surface area contributed by atoms with Crippen molar-refractivity contribution in [3.63, 3.8) is 0 Å². The third-order valence-electron chi connectivity index (χ3n) is 3.86. The topological polar surface area (TPSA) is 92.5 Å². The highest BCUT2D eigenvalue weighted by atomic mass is 35.5. The summed E-state index contributed by atoms with van der Waals surface area (Å²) in [6, 6.07) is 4.99. The lowest BCUT2D eigenvalue weighted by atomic mass is 10.0. The average Bonchev–Trinajstić information content (AvgIpc) is 2.76. The molecule has 0 saturated carbocycles. The number of amides is 3. The Morgan fingerprint density at radius 2 is 2.05 bits per heavy atom. The lowest BCUT2D eigenvalue weighted by Gasteiger charge is -2.29. The molecule has 1 atom stereocenters. The van der Waals surface area contributed by atoms with Gasteiger partial charge < -0.3 is 10.6 Å². The molecule has 0 aromatic heterocycles. The van der Waals surface area contributed by atoms with Crippen LogP contribution in [0.1, 0.15) is 34.3 Å². The molecule has 1 saturated heterocycles. The summed E-state index contributed by atoms with van der Waals surface area (Å²) in [7, 11) is 0. The Hall–Kier alpha value is -1.92. The lowest BCUT2D eigenvalue weighted by molar-refractivity contribution is -0.136. The monoisotopic (exact) mass is 309 g/mol. The highest BCUT2D eigenvalue weighted by molar-refractivity contribution is 6.05. The smallest absolute Gasteiger partial charge is 0.255 e. The van der Waals surface area contributed by atoms with Crippen molar-refractivity contribution in [2.24, 2.45) is 5.73 Å². The molecule has 7 heteroatoms. The highest BCUT2D eigenvalue weighted by Crippen LogP contribution is 2.29. The second-order valence-corrected chi connectivity index (χ2v) is 5.06. The third-order valence-corrected chi connectivity index (χ3v) is 3.86. The number of fused-ring (bicyclic) bond motifs is 1. The molecule has 0 aliphatic carbocycles. The number of carbonyl (C=O) groups excluding carboxylic acids is 3. The normalized spacial score (nSPS) is 20.9. The average molecular weight is 310 g/mol. The van der Waals surface area contributed by atoms with Crippen LogP contribution in [0.3, 0.4) is 0 Å². The van der Waals surface area contributed by atoms with E-state index in [2.05, 4.69) is 5.32 Å². The van der Waals surface area contributed by atoms with Gasteiger partial charge in [0.25, 0.3) is 5.91 Å². The van der Waals surface area contributed by atoms with E-state index in [1.54, 1.807) is 0 Å². The maximum absolute atomic E-state index is 12.5. The molecule has 1 aromatic carbocycles. The molecule has 1 aromatic rings. The number of imide groups is 1. The number of rotatable bonds is 2. The van der Waals surface area contributed by atoms with E-state index in [9.17, 15) is 14.4 Å². The van der Waals surface area contributed by atoms with Gasteiger partial charge in [-0.15, -0.1) is 12.4 Å². The van der Waals surface area contributed by atoms with E-state index in [4.69, 9.17) is 5.73 Å². The number of nitrogens with one attached hydrogen (secondary N) is 1. The molecule has 1 fully saturated rings. The summed E-state index contributed by atoms with van der Waals surface area (Å²) < 4.78 is 0. The van der Waals surface area contributed by atoms with Crippen molar-refractivity contribution >= 4 is 30.1 Å². The van der Waals surface area contributed by atoms with Gasteiger partial charge in [-0.1, -0.05) is 18.2 Å². The molecule has 2 aliphatic heterocycles. The first kappa shape index (κ1) is 15.5. The number of nitrogens with two attached hydrogens (primary N) is 1. The Bertz CT molecular complexity index is 617. The first-order valence-electron chi connectivity index (χ1n) is 6.57. The SMILES string of the molecule is Cl.NCc1cccc2c1C(=O)N(C1CCC(=O)NC1=O)C2. The second-order valence-electron chi connectivity index (χ2n) is 5.06.